The van der Waals surface area contributed by atoms with Gasteiger partial charge >= 0.3 is 0 Å². The normalized spacial score (nSPS) is 14.8. The summed E-state index contributed by atoms with van der Waals surface area (Å²) in [6.07, 6.45) is 0. The largest absolute Gasteiger partial charge is 0.497 e. The standard InChI is InChI=1S/C20H25N3O7S/c1-21(9-14-30-17-5-3-16(28-2)4-6-17)19-8-7-18(15-20(19)23(24)25)31(26,27)22-10-12-29-13-11-22/h3-8,15H,9-14H2,1-2H3. The second kappa shape index (κ2) is 9.94. The smallest absolute Gasteiger partial charge is 0.293 e. The molecule has 1 fully saturated rings. The maximum atomic E-state index is 12.8. The molecule has 10 nitrogen and oxygen atoms in total. The molecule has 0 radical (unpaired) electrons. The van der Waals surface area contributed by atoms with E-state index >= 15 is 0 Å². The van der Waals surface area contributed by atoms with E-state index in [1.807, 2.05) is 0 Å². The van der Waals surface area contributed by atoms with Crippen molar-refractivity contribution >= 4 is 21.4 Å². The van der Waals surface area contributed by atoms with Crippen molar-refractivity contribution in [3.8, 4) is 11.5 Å². The van der Waals surface area contributed by atoms with Crippen LogP contribution in [0.25, 0.3) is 0 Å². The number of hydrogen-bond donors (Lipinski definition) is 0. The van der Waals surface area contributed by atoms with Crippen molar-refractivity contribution in [3.05, 3.63) is 52.6 Å². The van der Waals surface area contributed by atoms with Gasteiger partial charge in [-0.1, -0.05) is 0 Å². The predicted molar refractivity (Wildman–Crippen MR) is 114 cm³/mol. The number of hydrogen-bond acceptors (Lipinski definition) is 8. The number of ether oxygens (including phenoxy) is 3. The van der Waals surface area contributed by atoms with Crippen molar-refractivity contribution in [2.24, 2.45) is 0 Å². The van der Waals surface area contributed by atoms with E-state index in [0.717, 1.165) is 6.07 Å². The van der Waals surface area contributed by atoms with Crippen LogP contribution in [0, 0.1) is 10.1 Å². The molecule has 11 heteroatoms. The Balaban J connectivity index is 1.71. The van der Waals surface area contributed by atoms with Gasteiger partial charge in [-0.2, -0.15) is 4.31 Å². The van der Waals surface area contributed by atoms with Crippen LogP contribution in [0.4, 0.5) is 11.4 Å². The molecule has 1 heterocycles. The average Bonchev–Trinajstić information content (AvgIpc) is 2.79. The molecule has 0 amide bonds. The van der Waals surface area contributed by atoms with Gasteiger partial charge in [-0.3, -0.25) is 10.1 Å². The van der Waals surface area contributed by atoms with E-state index in [-0.39, 0.29) is 30.3 Å². The van der Waals surface area contributed by atoms with E-state index in [1.165, 1.54) is 16.4 Å². The highest BCUT2D eigenvalue weighted by Gasteiger charge is 2.29. The molecule has 0 bridgehead atoms. The first kappa shape index (κ1) is 22.8. The Kier molecular flexibility index (Phi) is 7.31. The maximum absolute atomic E-state index is 12.8. The van der Waals surface area contributed by atoms with Crippen molar-refractivity contribution in [2.75, 3.05) is 58.5 Å². The van der Waals surface area contributed by atoms with Crippen molar-refractivity contribution in [2.45, 2.75) is 4.90 Å². The van der Waals surface area contributed by atoms with Crippen molar-refractivity contribution in [1.29, 1.82) is 0 Å². The summed E-state index contributed by atoms with van der Waals surface area (Å²) in [6, 6.07) is 11.1. The fourth-order valence-electron chi connectivity index (χ4n) is 3.16. The minimum absolute atomic E-state index is 0.104. The number of anilines is 1. The summed E-state index contributed by atoms with van der Waals surface area (Å²) in [7, 11) is -0.555. The van der Waals surface area contributed by atoms with E-state index < -0.39 is 14.9 Å². The van der Waals surface area contributed by atoms with Crippen molar-refractivity contribution in [1.82, 2.24) is 4.31 Å². The van der Waals surface area contributed by atoms with Crippen LogP contribution in [0.2, 0.25) is 0 Å². The molecule has 0 aliphatic carbocycles. The zero-order chi connectivity index (χ0) is 22.4. The lowest BCUT2D eigenvalue weighted by Crippen LogP contribution is -2.40. The van der Waals surface area contributed by atoms with E-state index in [4.69, 9.17) is 14.2 Å². The number of nitro benzene ring substituents is 1. The zero-order valence-electron chi connectivity index (χ0n) is 17.4. The third kappa shape index (κ3) is 5.43. The number of rotatable bonds is 9. The first-order chi connectivity index (χ1) is 14.8. The van der Waals surface area contributed by atoms with Crippen LogP contribution < -0.4 is 14.4 Å². The number of morpholine rings is 1. The summed E-state index contributed by atoms with van der Waals surface area (Å²) in [4.78, 5) is 12.6. The van der Waals surface area contributed by atoms with Crippen LogP contribution in [0.1, 0.15) is 0 Å². The third-order valence-corrected chi connectivity index (χ3v) is 6.81. The number of sulfonamides is 1. The van der Waals surface area contributed by atoms with Gasteiger partial charge in [0.15, 0.2) is 0 Å². The Morgan fingerprint density at radius 3 is 2.39 bits per heavy atom. The summed E-state index contributed by atoms with van der Waals surface area (Å²) in [6.45, 7) is 1.70. The van der Waals surface area contributed by atoms with Gasteiger partial charge in [-0.15, -0.1) is 0 Å². The molecule has 1 aliphatic heterocycles. The Morgan fingerprint density at radius 2 is 1.77 bits per heavy atom. The molecule has 1 saturated heterocycles. The van der Waals surface area contributed by atoms with E-state index in [0.29, 0.717) is 36.9 Å². The molecule has 0 atom stereocenters. The van der Waals surface area contributed by atoms with Gasteiger partial charge in [-0.05, 0) is 36.4 Å². The quantitative estimate of drug-likeness (QED) is 0.421. The monoisotopic (exact) mass is 451 g/mol. The van der Waals surface area contributed by atoms with Crippen LogP contribution in [-0.2, 0) is 14.8 Å². The van der Waals surface area contributed by atoms with Gasteiger partial charge in [0.25, 0.3) is 5.69 Å². The zero-order valence-corrected chi connectivity index (χ0v) is 18.2. The van der Waals surface area contributed by atoms with E-state index in [1.54, 1.807) is 43.3 Å². The first-order valence-electron chi connectivity index (χ1n) is 9.67. The Morgan fingerprint density at radius 1 is 1.13 bits per heavy atom. The average molecular weight is 452 g/mol. The van der Waals surface area contributed by atoms with Gasteiger partial charge in [0.05, 0.1) is 36.7 Å². The molecule has 1 aliphatic rings. The highest BCUT2D eigenvalue weighted by Crippen LogP contribution is 2.31. The fraction of sp³-hybridized carbons (Fsp3) is 0.400. The summed E-state index contributed by atoms with van der Waals surface area (Å²) in [5.41, 5.74) is 0.0329. The van der Waals surface area contributed by atoms with Crippen LogP contribution in [0.5, 0.6) is 11.5 Å². The lowest BCUT2D eigenvalue weighted by Gasteiger charge is -2.26. The summed E-state index contributed by atoms with van der Waals surface area (Å²) >= 11 is 0. The highest BCUT2D eigenvalue weighted by atomic mass is 32.2. The minimum Gasteiger partial charge on any atom is -0.497 e. The molecule has 2 aromatic rings. The Bertz CT molecular complexity index is 1010. The van der Waals surface area contributed by atoms with E-state index in [2.05, 4.69) is 0 Å². The molecule has 168 valence electrons. The third-order valence-electron chi connectivity index (χ3n) is 4.92. The minimum atomic E-state index is -3.82. The van der Waals surface area contributed by atoms with Crippen LogP contribution in [0.3, 0.4) is 0 Å². The molecule has 0 saturated carbocycles. The molecule has 0 aromatic heterocycles. The van der Waals surface area contributed by atoms with Gasteiger partial charge < -0.3 is 19.1 Å². The molecule has 0 spiro atoms. The Hall–Kier alpha value is -2.89. The molecule has 31 heavy (non-hydrogen) atoms. The van der Waals surface area contributed by atoms with Gasteiger partial charge in [0.2, 0.25) is 10.0 Å². The SMILES string of the molecule is COc1ccc(OCCN(C)c2ccc(S(=O)(=O)N3CCOCC3)cc2[N+](=O)[O-])cc1. The summed E-state index contributed by atoms with van der Waals surface area (Å²) in [5.74, 6) is 1.36. The predicted octanol–water partition coefficient (Wildman–Crippen LogP) is 2.14. The van der Waals surface area contributed by atoms with E-state index in [9.17, 15) is 18.5 Å². The second-order valence-corrected chi connectivity index (χ2v) is 8.81. The molecule has 3 rings (SSSR count). The number of methoxy groups -OCH3 is 1. The Labute approximate surface area is 181 Å². The second-order valence-electron chi connectivity index (χ2n) is 6.87. The number of nitro groups is 1. The first-order valence-corrected chi connectivity index (χ1v) is 11.1. The van der Waals surface area contributed by atoms with Crippen LogP contribution in [0.15, 0.2) is 47.4 Å². The fourth-order valence-corrected chi connectivity index (χ4v) is 4.59. The molecule has 0 N–H and O–H groups in total. The van der Waals surface area contributed by atoms with Crippen molar-refractivity contribution in [3.63, 3.8) is 0 Å². The van der Waals surface area contributed by atoms with Gasteiger partial charge in [0.1, 0.15) is 23.8 Å². The maximum Gasteiger partial charge on any atom is 0.293 e. The summed E-state index contributed by atoms with van der Waals surface area (Å²) < 4.78 is 42.9. The lowest BCUT2D eigenvalue weighted by molar-refractivity contribution is -0.384. The van der Waals surface area contributed by atoms with Crippen LogP contribution >= 0.6 is 0 Å². The number of nitrogens with zero attached hydrogens (tertiary/aromatic N) is 3. The molecular formula is C20H25N3O7S. The van der Waals surface area contributed by atoms with Gasteiger partial charge in [-0.25, -0.2) is 8.42 Å². The topological polar surface area (TPSA) is 111 Å². The van der Waals surface area contributed by atoms with Crippen LogP contribution in [-0.4, -0.2) is 71.3 Å². The molecule has 2 aromatic carbocycles. The number of likely N-dealkylation sites (N-methyl/N-ethyl adjacent to an activating group) is 1. The number of benzene rings is 2. The lowest BCUT2D eigenvalue weighted by atomic mass is 10.2. The highest BCUT2D eigenvalue weighted by molar-refractivity contribution is 7.89. The van der Waals surface area contributed by atoms with Crippen molar-refractivity contribution < 1.29 is 27.6 Å². The molecular weight excluding hydrogens is 426 g/mol. The van der Waals surface area contributed by atoms with Gasteiger partial charge in [0, 0.05) is 26.2 Å². The summed E-state index contributed by atoms with van der Waals surface area (Å²) in [5, 5.41) is 11.6. The molecule has 0 unspecified atom stereocenters.